The van der Waals surface area contributed by atoms with E-state index in [1.165, 1.54) is 5.56 Å². The molecule has 0 bridgehead atoms. The molecule has 0 saturated carbocycles. The Morgan fingerprint density at radius 2 is 1.81 bits per heavy atom. The number of hydrogen-bond acceptors (Lipinski definition) is 2. The molecule has 0 atom stereocenters. The van der Waals surface area contributed by atoms with Gasteiger partial charge in [-0.05, 0) is 43.3 Å². The summed E-state index contributed by atoms with van der Waals surface area (Å²) >= 11 is 6.00. The van der Waals surface area contributed by atoms with Crippen LogP contribution in [0.5, 0.6) is 0 Å². The predicted octanol–water partition coefficient (Wildman–Crippen LogP) is 5.52. The van der Waals surface area contributed by atoms with Crippen molar-refractivity contribution in [1.82, 2.24) is 0 Å². The molecule has 3 rings (SSSR count). The summed E-state index contributed by atoms with van der Waals surface area (Å²) in [5.74, 6) is 1.73. The summed E-state index contributed by atoms with van der Waals surface area (Å²) in [6.07, 6.45) is 0. The van der Waals surface area contributed by atoms with Crippen molar-refractivity contribution in [2.24, 2.45) is 0 Å². The van der Waals surface area contributed by atoms with E-state index in [0.717, 1.165) is 22.8 Å². The SMILES string of the molecule is Cc1ccc(NCc2ccc(-c3cccc(Cl)c3)o2)cc1. The van der Waals surface area contributed by atoms with Crippen LogP contribution in [0.15, 0.2) is 65.1 Å². The van der Waals surface area contributed by atoms with Gasteiger partial charge in [0.15, 0.2) is 0 Å². The second-order valence-electron chi connectivity index (χ2n) is 5.00. The third-order valence-corrected chi connectivity index (χ3v) is 3.52. The molecule has 1 heterocycles. The number of hydrogen-bond donors (Lipinski definition) is 1. The van der Waals surface area contributed by atoms with E-state index >= 15 is 0 Å². The lowest BCUT2D eigenvalue weighted by Gasteiger charge is -2.04. The molecule has 1 aromatic heterocycles. The van der Waals surface area contributed by atoms with E-state index in [0.29, 0.717) is 11.6 Å². The molecule has 3 aromatic rings. The van der Waals surface area contributed by atoms with Crippen LogP contribution in [0.3, 0.4) is 0 Å². The van der Waals surface area contributed by atoms with Gasteiger partial charge < -0.3 is 9.73 Å². The molecule has 106 valence electrons. The molecule has 0 radical (unpaired) electrons. The second kappa shape index (κ2) is 6.06. The molecular formula is C18H16ClNO. The maximum Gasteiger partial charge on any atom is 0.134 e. The number of halogens is 1. The van der Waals surface area contributed by atoms with Gasteiger partial charge in [0, 0.05) is 16.3 Å². The molecule has 2 nitrogen and oxygen atoms in total. The zero-order valence-electron chi connectivity index (χ0n) is 11.8. The van der Waals surface area contributed by atoms with E-state index in [4.69, 9.17) is 16.0 Å². The van der Waals surface area contributed by atoms with Crippen LogP contribution in [0.4, 0.5) is 5.69 Å². The van der Waals surface area contributed by atoms with E-state index < -0.39 is 0 Å². The molecule has 3 heteroatoms. The van der Waals surface area contributed by atoms with Crippen molar-refractivity contribution < 1.29 is 4.42 Å². The van der Waals surface area contributed by atoms with E-state index in [1.54, 1.807) is 0 Å². The minimum Gasteiger partial charge on any atom is -0.459 e. The first-order valence-electron chi connectivity index (χ1n) is 6.86. The molecular weight excluding hydrogens is 282 g/mol. The summed E-state index contributed by atoms with van der Waals surface area (Å²) in [5, 5.41) is 4.06. The van der Waals surface area contributed by atoms with Gasteiger partial charge in [-0.2, -0.15) is 0 Å². The molecule has 2 aromatic carbocycles. The van der Waals surface area contributed by atoms with Crippen molar-refractivity contribution in [3.63, 3.8) is 0 Å². The Hall–Kier alpha value is -2.19. The Kier molecular flexibility index (Phi) is 3.98. The molecule has 0 fully saturated rings. The van der Waals surface area contributed by atoms with Gasteiger partial charge >= 0.3 is 0 Å². The zero-order valence-corrected chi connectivity index (χ0v) is 12.5. The summed E-state index contributed by atoms with van der Waals surface area (Å²) < 4.78 is 5.85. The smallest absolute Gasteiger partial charge is 0.134 e. The fraction of sp³-hybridized carbons (Fsp3) is 0.111. The van der Waals surface area contributed by atoms with Crippen LogP contribution in [0.25, 0.3) is 11.3 Å². The van der Waals surface area contributed by atoms with E-state index in [2.05, 4.69) is 36.5 Å². The van der Waals surface area contributed by atoms with Crippen molar-refractivity contribution in [2.45, 2.75) is 13.5 Å². The molecule has 0 aliphatic rings. The summed E-state index contributed by atoms with van der Waals surface area (Å²) in [5.41, 5.74) is 3.33. The Labute approximate surface area is 129 Å². The maximum absolute atomic E-state index is 6.00. The quantitative estimate of drug-likeness (QED) is 0.686. The third-order valence-electron chi connectivity index (χ3n) is 3.29. The van der Waals surface area contributed by atoms with Gasteiger partial charge in [-0.3, -0.25) is 0 Å². The monoisotopic (exact) mass is 297 g/mol. The lowest BCUT2D eigenvalue weighted by Crippen LogP contribution is -1.97. The maximum atomic E-state index is 6.00. The molecule has 0 unspecified atom stereocenters. The summed E-state index contributed by atoms with van der Waals surface area (Å²) in [6.45, 7) is 2.73. The van der Waals surface area contributed by atoms with Gasteiger partial charge in [-0.1, -0.05) is 41.4 Å². The van der Waals surface area contributed by atoms with E-state index in [9.17, 15) is 0 Å². The van der Waals surface area contributed by atoms with Gasteiger partial charge in [0.25, 0.3) is 0 Å². The molecule has 21 heavy (non-hydrogen) atoms. The second-order valence-corrected chi connectivity index (χ2v) is 5.43. The van der Waals surface area contributed by atoms with Crippen molar-refractivity contribution in [3.8, 4) is 11.3 Å². The molecule has 0 aliphatic heterocycles. The Morgan fingerprint density at radius 1 is 1.00 bits per heavy atom. The first-order valence-corrected chi connectivity index (χ1v) is 7.24. The highest BCUT2D eigenvalue weighted by molar-refractivity contribution is 6.30. The normalized spacial score (nSPS) is 10.6. The largest absolute Gasteiger partial charge is 0.459 e. The van der Waals surface area contributed by atoms with Gasteiger partial charge in [-0.15, -0.1) is 0 Å². The van der Waals surface area contributed by atoms with Crippen molar-refractivity contribution >= 4 is 17.3 Å². The van der Waals surface area contributed by atoms with Gasteiger partial charge in [0.05, 0.1) is 6.54 Å². The minimum absolute atomic E-state index is 0.656. The Balaban J connectivity index is 1.69. The van der Waals surface area contributed by atoms with Crippen LogP contribution in [0.1, 0.15) is 11.3 Å². The number of benzene rings is 2. The minimum atomic E-state index is 0.656. The topological polar surface area (TPSA) is 25.2 Å². The summed E-state index contributed by atoms with van der Waals surface area (Å²) in [6, 6.07) is 19.9. The third kappa shape index (κ3) is 3.47. The van der Waals surface area contributed by atoms with Crippen LogP contribution in [-0.4, -0.2) is 0 Å². The fourth-order valence-electron chi connectivity index (χ4n) is 2.13. The number of furan rings is 1. The lowest BCUT2D eigenvalue weighted by molar-refractivity contribution is 0.531. The number of anilines is 1. The average molecular weight is 298 g/mol. The molecule has 1 N–H and O–H groups in total. The Bertz CT molecular complexity index is 731. The highest BCUT2D eigenvalue weighted by atomic mass is 35.5. The molecule has 0 aliphatic carbocycles. The van der Waals surface area contributed by atoms with Crippen LogP contribution in [-0.2, 0) is 6.54 Å². The first-order chi connectivity index (χ1) is 10.2. The van der Waals surface area contributed by atoms with Gasteiger partial charge in [0.1, 0.15) is 11.5 Å². The van der Waals surface area contributed by atoms with Crippen LogP contribution in [0.2, 0.25) is 5.02 Å². The molecule has 0 saturated heterocycles. The van der Waals surface area contributed by atoms with Crippen LogP contribution < -0.4 is 5.32 Å². The standard InChI is InChI=1S/C18H16ClNO/c1-13-5-7-16(8-6-13)20-12-17-9-10-18(21-17)14-3-2-4-15(19)11-14/h2-11,20H,12H2,1H3. The number of aryl methyl sites for hydroxylation is 1. The van der Waals surface area contributed by atoms with Crippen molar-refractivity contribution in [1.29, 1.82) is 0 Å². The highest BCUT2D eigenvalue weighted by Gasteiger charge is 2.05. The first kappa shape index (κ1) is 13.8. The lowest BCUT2D eigenvalue weighted by atomic mass is 10.2. The Morgan fingerprint density at radius 3 is 2.57 bits per heavy atom. The molecule has 0 amide bonds. The van der Waals surface area contributed by atoms with Gasteiger partial charge in [0.2, 0.25) is 0 Å². The predicted molar refractivity (Wildman–Crippen MR) is 87.7 cm³/mol. The average Bonchev–Trinajstić information content (AvgIpc) is 2.96. The molecule has 0 spiro atoms. The van der Waals surface area contributed by atoms with Gasteiger partial charge in [-0.25, -0.2) is 0 Å². The van der Waals surface area contributed by atoms with E-state index in [1.807, 2.05) is 36.4 Å². The van der Waals surface area contributed by atoms with Crippen LogP contribution in [0, 0.1) is 6.92 Å². The zero-order chi connectivity index (χ0) is 14.7. The summed E-state index contributed by atoms with van der Waals surface area (Å²) in [4.78, 5) is 0. The highest BCUT2D eigenvalue weighted by Crippen LogP contribution is 2.25. The fourth-order valence-corrected chi connectivity index (χ4v) is 2.32. The number of nitrogens with one attached hydrogen (secondary N) is 1. The van der Waals surface area contributed by atoms with Crippen LogP contribution >= 0.6 is 11.6 Å². The summed E-state index contributed by atoms with van der Waals surface area (Å²) in [7, 11) is 0. The van der Waals surface area contributed by atoms with Crippen molar-refractivity contribution in [2.75, 3.05) is 5.32 Å². The van der Waals surface area contributed by atoms with Crippen molar-refractivity contribution in [3.05, 3.63) is 77.0 Å². The number of rotatable bonds is 4. The van der Waals surface area contributed by atoms with E-state index in [-0.39, 0.29) is 0 Å².